The Kier molecular flexibility index (Phi) is 5.34. The van der Waals surface area contributed by atoms with Crippen LogP contribution < -0.4 is 13.8 Å². The fourth-order valence-electron chi connectivity index (χ4n) is 4.06. The summed E-state index contributed by atoms with van der Waals surface area (Å²) in [6.07, 6.45) is 2.89. The van der Waals surface area contributed by atoms with Gasteiger partial charge < -0.3 is 9.47 Å². The second-order valence-corrected chi connectivity index (χ2v) is 9.59. The van der Waals surface area contributed by atoms with E-state index in [2.05, 4.69) is 15.0 Å². The molecule has 0 aliphatic carbocycles. The van der Waals surface area contributed by atoms with Gasteiger partial charge >= 0.3 is 6.01 Å². The van der Waals surface area contributed by atoms with Gasteiger partial charge in [-0.15, -0.1) is 0 Å². The number of para-hydroxylation sites is 1. The maximum atomic E-state index is 13.9. The van der Waals surface area contributed by atoms with Crippen molar-refractivity contribution in [3.8, 4) is 11.9 Å². The normalized spacial score (nSPS) is 15.4. The number of anilines is 1. The zero-order valence-corrected chi connectivity index (χ0v) is 19.5. The molecular weight excluding hydrogens is 480 g/mol. The van der Waals surface area contributed by atoms with Crippen LogP contribution in [0.2, 0.25) is 5.02 Å². The van der Waals surface area contributed by atoms with Crippen LogP contribution in [0, 0.1) is 0 Å². The molecule has 4 aromatic rings. The fraction of sp³-hybridized carbons (Fsp3) is 0.130. The van der Waals surface area contributed by atoms with Crippen molar-refractivity contribution >= 4 is 44.1 Å². The summed E-state index contributed by atoms with van der Waals surface area (Å²) in [5.41, 5.74) is 1.12. The van der Waals surface area contributed by atoms with E-state index in [-0.39, 0.29) is 33.6 Å². The first-order valence-corrected chi connectivity index (χ1v) is 11.9. The molecule has 0 N–H and O–H groups in total. The number of halogens is 1. The number of rotatable bonds is 5. The monoisotopic (exact) mass is 496 g/mol. The molecule has 0 radical (unpaired) electrons. The molecule has 1 atom stereocenters. The van der Waals surface area contributed by atoms with Crippen LogP contribution in [0.4, 0.5) is 5.69 Å². The first kappa shape index (κ1) is 22.1. The lowest BCUT2D eigenvalue weighted by molar-refractivity contribution is -0.117. The Morgan fingerprint density at radius 1 is 1.00 bits per heavy atom. The lowest BCUT2D eigenvalue weighted by Crippen LogP contribution is -2.35. The molecule has 5 rings (SSSR count). The topological polar surface area (TPSA) is 112 Å². The Bertz CT molecular complexity index is 1560. The third kappa shape index (κ3) is 3.34. The summed E-state index contributed by atoms with van der Waals surface area (Å²) in [4.78, 5) is 26.2. The lowest BCUT2D eigenvalue weighted by atomic mass is 9.94. The van der Waals surface area contributed by atoms with E-state index < -0.39 is 21.8 Å². The molecule has 0 spiro atoms. The van der Waals surface area contributed by atoms with E-state index in [0.29, 0.717) is 16.0 Å². The van der Waals surface area contributed by atoms with Crippen molar-refractivity contribution < 1.29 is 22.7 Å². The molecule has 172 valence electrons. The number of hydrogen-bond acceptors (Lipinski definition) is 8. The van der Waals surface area contributed by atoms with E-state index in [4.69, 9.17) is 21.1 Å². The molecule has 11 heteroatoms. The number of amides is 1. The summed E-state index contributed by atoms with van der Waals surface area (Å²) in [7, 11) is -1.55. The van der Waals surface area contributed by atoms with Crippen LogP contribution in [-0.2, 0) is 14.8 Å². The molecule has 34 heavy (non-hydrogen) atoms. The first-order chi connectivity index (χ1) is 16.4. The van der Waals surface area contributed by atoms with Crippen LogP contribution in [0.3, 0.4) is 0 Å². The Balaban J connectivity index is 1.73. The maximum absolute atomic E-state index is 13.9. The summed E-state index contributed by atoms with van der Waals surface area (Å²) in [6, 6.07) is 12.9. The average molecular weight is 497 g/mol. The quantitative estimate of drug-likeness (QED) is 0.412. The minimum atomic E-state index is -4.34. The first-order valence-electron chi connectivity index (χ1n) is 10.0. The molecule has 1 aliphatic rings. The number of hydrogen-bond donors (Lipinski definition) is 0. The van der Waals surface area contributed by atoms with Crippen molar-refractivity contribution in [3.05, 3.63) is 77.1 Å². The average Bonchev–Trinajstić information content (AvgIpc) is 3.14. The summed E-state index contributed by atoms with van der Waals surface area (Å²) in [5.74, 6) is -1.69. The van der Waals surface area contributed by atoms with Gasteiger partial charge in [-0.25, -0.2) is 17.7 Å². The molecule has 9 nitrogen and oxygen atoms in total. The fourth-order valence-corrected chi connectivity index (χ4v) is 5.87. The van der Waals surface area contributed by atoms with Crippen molar-refractivity contribution in [1.29, 1.82) is 0 Å². The Morgan fingerprint density at radius 3 is 2.56 bits per heavy atom. The van der Waals surface area contributed by atoms with Gasteiger partial charge in [0.2, 0.25) is 5.88 Å². The van der Waals surface area contributed by atoms with Gasteiger partial charge in [0.05, 0.1) is 31.3 Å². The van der Waals surface area contributed by atoms with Crippen LogP contribution in [-0.4, -0.2) is 43.5 Å². The summed E-state index contributed by atoms with van der Waals surface area (Å²) in [6.45, 7) is 0. The largest absolute Gasteiger partial charge is 0.481 e. The van der Waals surface area contributed by atoms with E-state index in [9.17, 15) is 13.2 Å². The molecule has 0 saturated heterocycles. The molecule has 1 unspecified atom stereocenters. The van der Waals surface area contributed by atoms with E-state index in [1.807, 2.05) is 0 Å². The van der Waals surface area contributed by atoms with Crippen LogP contribution in [0.1, 0.15) is 17.0 Å². The van der Waals surface area contributed by atoms with Gasteiger partial charge in [0.25, 0.3) is 15.9 Å². The van der Waals surface area contributed by atoms with Crippen LogP contribution in [0.5, 0.6) is 11.9 Å². The highest BCUT2D eigenvalue weighted by molar-refractivity contribution is 7.93. The van der Waals surface area contributed by atoms with E-state index in [1.54, 1.807) is 30.3 Å². The van der Waals surface area contributed by atoms with Crippen molar-refractivity contribution in [1.82, 2.24) is 15.0 Å². The number of carbonyl (C=O) groups excluding carboxylic acids is 1. The van der Waals surface area contributed by atoms with Gasteiger partial charge in [0.1, 0.15) is 4.90 Å². The van der Waals surface area contributed by atoms with Gasteiger partial charge in [-0.1, -0.05) is 29.8 Å². The highest BCUT2D eigenvalue weighted by Crippen LogP contribution is 2.47. The number of ether oxygens (including phenoxy) is 2. The maximum Gasteiger partial charge on any atom is 0.319 e. The molecule has 2 aromatic heterocycles. The van der Waals surface area contributed by atoms with Crippen molar-refractivity contribution in [2.75, 3.05) is 18.5 Å². The van der Waals surface area contributed by atoms with E-state index >= 15 is 0 Å². The number of methoxy groups -OCH3 is 2. The summed E-state index contributed by atoms with van der Waals surface area (Å²) >= 11 is 6.23. The molecule has 1 aliphatic heterocycles. The van der Waals surface area contributed by atoms with Gasteiger partial charge in [-0.3, -0.25) is 9.78 Å². The Labute approximate surface area is 200 Å². The highest BCUT2D eigenvalue weighted by Gasteiger charge is 2.47. The van der Waals surface area contributed by atoms with Gasteiger partial charge in [0.15, 0.2) is 0 Å². The van der Waals surface area contributed by atoms with E-state index in [0.717, 1.165) is 4.31 Å². The molecule has 1 amide bonds. The van der Waals surface area contributed by atoms with E-state index in [1.165, 1.54) is 44.8 Å². The molecule has 0 saturated carbocycles. The smallest absolute Gasteiger partial charge is 0.319 e. The highest BCUT2D eigenvalue weighted by atomic mass is 35.5. The number of sulfonamides is 1. The Morgan fingerprint density at radius 2 is 1.79 bits per heavy atom. The lowest BCUT2D eigenvalue weighted by Gasteiger charge is -2.19. The van der Waals surface area contributed by atoms with Crippen molar-refractivity contribution in [2.24, 2.45) is 0 Å². The zero-order valence-electron chi connectivity index (χ0n) is 18.0. The second-order valence-electron chi connectivity index (χ2n) is 7.40. The molecule has 0 fully saturated rings. The zero-order chi connectivity index (χ0) is 24.0. The SMILES string of the molecule is COc1ncc(C2C(=O)N(S(=O)(=O)c3cccc4cccnc34)c3ccc(Cl)cc32)c(OC)n1. The predicted octanol–water partition coefficient (Wildman–Crippen LogP) is 3.56. The van der Waals surface area contributed by atoms with Crippen LogP contribution in [0.15, 0.2) is 65.8 Å². The summed E-state index contributed by atoms with van der Waals surface area (Å²) in [5, 5.41) is 0.976. The molecule has 0 bridgehead atoms. The standard InChI is InChI=1S/C23H17ClN4O5S/c1-32-21-16(12-26-23(27-21)33-2)19-15-11-14(24)8-9-17(15)28(22(19)29)34(30,31)18-7-3-5-13-6-4-10-25-20(13)18/h3-12,19H,1-2H3. The number of fused-ring (bicyclic) bond motifs is 2. The van der Waals surface area contributed by atoms with Crippen molar-refractivity contribution in [2.45, 2.75) is 10.8 Å². The predicted molar refractivity (Wildman–Crippen MR) is 125 cm³/mol. The minimum Gasteiger partial charge on any atom is -0.481 e. The second kappa shape index (κ2) is 8.23. The number of carbonyl (C=O) groups is 1. The molecule has 3 heterocycles. The van der Waals surface area contributed by atoms with Crippen LogP contribution >= 0.6 is 11.6 Å². The van der Waals surface area contributed by atoms with Crippen LogP contribution in [0.25, 0.3) is 10.9 Å². The van der Waals surface area contributed by atoms with Gasteiger partial charge in [-0.2, -0.15) is 4.98 Å². The van der Waals surface area contributed by atoms with Gasteiger partial charge in [-0.05, 0) is 35.9 Å². The number of nitrogens with zero attached hydrogens (tertiary/aromatic N) is 4. The Hall–Kier alpha value is -3.76. The summed E-state index contributed by atoms with van der Waals surface area (Å²) < 4.78 is 39.0. The van der Waals surface area contributed by atoms with Crippen molar-refractivity contribution in [3.63, 3.8) is 0 Å². The molecular formula is C23H17ClN4O5S. The number of pyridine rings is 1. The third-order valence-corrected chi connectivity index (χ3v) is 7.50. The number of benzene rings is 2. The molecule has 2 aromatic carbocycles. The van der Waals surface area contributed by atoms with Gasteiger partial charge in [0, 0.05) is 28.4 Å². The number of aromatic nitrogens is 3. The third-order valence-electron chi connectivity index (χ3n) is 5.53. The minimum absolute atomic E-state index is 0.0451.